The van der Waals surface area contributed by atoms with Gasteiger partial charge in [0.2, 0.25) is 0 Å². The number of benzene rings is 2. The summed E-state index contributed by atoms with van der Waals surface area (Å²) >= 11 is 0. The first-order valence-corrected chi connectivity index (χ1v) is 6.50. The van der Waals surface area contributed by atoms with Crippen LogP contribution in [0.2, 0.25) is 0 Å². The van der Waals surface area contributed by atoms with Gasteiger partial charge in [0.25, 0.3) is 0 Å². The van der Waals surface area contributed by atoms with Gasteiger partial charge in [-0.05, 0) is 55.2 Å². The van der Waals surface area contributed by atoms with Crippen molar-refractivity contribution >= 4 is 0 Å². The van der Waals surface area contributed by atoms with E-state index in [-0.39, 0.29) is 6.04 Å². The standard InChI is InChI=1S/C17H21NO/c1-11-5-6-12(2)16(9-11)17(18)15-8-7-14(19-4)10-13(15)3/h5-10,17H,18H2,1-4H3. The highest BCUT2D eigenvalue weighted by atomic mass is 16.5. The van der Waals surface area contributed by atoms with Crippen LogP contribution in [0.15, 0.2) is 36.4 Å². The molecule has 0 fully saturated rings. The quantitative estimate of drug-likeness (QED) is 0.908. The normalized spacial score (nSPS) is 12.3. The Bertz CT molecular complexity index is 590. The molecule has 0 aliphatic heterocycles. The Morgan fingerprint density at radius 2 is 1.63 bits per heavy atom. The van der Waals surface area contributed by atoms with Crippen molar-refractivity contribution in [2.24, 2.45) is 5.73 Å². The van der Waals surface area contributed by atoms with Crippen LogP contribution in [0.4, 0.5) is 0 Å². The molecule has 2 rings (SSSR count). The molecule has 2 nitrogen and oxygen atoms in total. The number of ether oxygens (including phenoxy) is 1. The molecule has 0 aromatic heterocycles. The van der Waals surface area contributed by atoms with E-state index in [0.29, 0.717) is 0 Å². The molecule has 2 N–H and O–H groups in total. The van der Waals surface area contributed by atoms with Crippen molar-refractivity contribution in [2.75, 3.05) is 7.11 Å². The van der Waals surface area contributed by atoms with E-state index in [0.717, 1.165) is 16.9 Å². The zero-order chi connectivity index (χ0) is 14.0. The summed E-state index contributed by atoms with van der Waals surface area (Å²) in [5.41, 5.74) is 12.4. The van der Waals surface area contributed by atoms with E-state index >= 15 is 0 Å². The molecule has 2 aromatic carbocycles. The fourth-order valence-electron chi connectivity index (χ4n) is 2.39. The fraction of sp³-hybridized carbons (Fsp3) is 0.294. The number of nitrogens with two attached hydrogens (primary N) is 1. The molecule has 0 aliphatic carbocycles. The summed E-state index contributed by atoms with van der Waals surface area (Å²) in [4.78, 5) is 0. The maximum Gasteiger partial charge on any atom is 0.119 e. The van der Waals surface area contributed by atoms with E-state index in [4.69, 9.17) is 10.5 Å². The molecule has 100 valence electrons. The third-order valence-electron chi connectivity index (χ3n) is 3.58. The molecule has 0 bridgehead atoms. The van der Waals surface area contributed by atoms with Crippen LogP contribution in [0.3, 0.4) is 0 Å². The van der Waals surface area contributed by atoms with Gasteiger partial charge in [0.15, 0.2) is 0 Å². The molecule has 0 saturated carbocycles. The van der Waals surface area contributed by atoms with Gasteiger partial charge in [0.05, 0.1) is 13.2 Å². The number of aryl methyl sites for hydroxylation is 3. The third kappa shape index (κ3) is 2.79. The maximum atomic E-state index is 6.44. The van der Waals surface area contributed by atoms with E-state index in [2.05, 4.69) is 45.0 Å². The van der Waals surface area contributed by atoms with Gasteiger partial charge in [-0.15, -0.1) is 0 Å². The van der Waals surface area contributed by atoms with Crippen molar-refractivity contribution in [2.45, 2.75) is 26.8 Å². The lowest BCUT2D eigenvalue weighted by Crippen LogP contribution is -2.14. The fourth-order valence-corrected chi connectivity index (χ4v) is 2.39. The highest BCUT2D eigenvalue weighted by molar-refractivity contribution is 5.44. The Kier molecular flexibility index (Phi) is 3.91. The lowest BCUT2D eigenvalue weighted by Gasteiger charge is -2.18. The number of rotatable bonds is 3. The van der Waals surface area contributed by atoms with Crippen molar-refractivity contribution in [1.82, 2.24) is 0 Å². The highest BCUT2D eigenvalue weighted by Crippen LogP contribution is 2.28. The van der Waals surface area contributed by atoms with Gasteiger partial charge in [-0.25, -0.2) is 0 Å². The Morgan fingerprint density at radius 1 is 0.895 bits per heavy atom. The molecule has 19 heavy (non-hydrogen) atoms. The number of methoxy groups -OCH3 is 1. The summed E-state index contributed by atoms with van der Waals surface area (Å²) in [7, 11) is 1.68. The molecule has 1 unspecified atom stereocenters. The zero-order valence-corrected chi connectivity index (χ0v) is 12.0. The monoisotopic (exact) mass is 255 g/mol. The third-order valence-corrected chi connectivity index (χ3v) is 3.58. The van der Waals surface area contributed by atoms with Gasteiger partial charge in [0, 0.05) is 0 Å². The second-order valence-electron chi connectivity index (χ2n) is 5.06. The molecule has 2 heteroatoms. The number of hydrogen-bond acceptors (Lipinski definition) is 2. The topological polar surface area (TPSA) is 35.2 Å². The summed E-state index contributed by atoms with van der Waals surface area (Å²) < 4.78 is 5.24. The average molecular weight is 255 g/mol. The minimum absolute atomic E-state index is 0.0918. The summed E-state index contributed by atoms with van der Waals surface area (Å²) in [5.74, 6) is 0.870. The van der Waals surface area contributed by atoms with Gasteiger partial charge >= 0.3 is 0 Å². The van der Waals surface area contributed by atoms with Crippen LogP contribution < -0.4 is 10.5 Å². The molecule has 2 aromatic rings. The predicted octanol–water partition coefficient (Wildman–Crippen LogP) is 3.67. The molecule has 0 radical (unpaired) electrons. The van der Waals surface area contributed by atoms with Crippen molar-refractivity contribution in [3.8, 4) is 5.75 Å². The molecule has 0 saturated heterocycles. The molecular formula is C17H21NO. The second-order valence-corrected chi connectivity index (χ2v) is 5.06. The predicted molar refractivity (Wildman–Crippen MR) is 79.7 cm³/mol. The van der Waals surface area contributed by atoms with Crippen LogP contribution in [0.1, 0.15) is 33.9 Å². The Labute approximate surface area is 115 Å². The minimum Gasteiger partial charge on any atom is -0.497 e. The van der Waals surface area contributed by atoms with E-state index in [9.17, 15) is 0 Å². The van der Waals surface area contributed by atoms with Gasteiger partial charge in [-0.2, -0.15) is 0 Å². The highest BCUT2D eigenvalue weighted by Gasteiger charge is 2.14. The van der Waals surface area contributed by atoms with Crippen LogP contribution in [0.5, 0.6) is 5.75 Å². The van der Waals surface area contributed by atoms with Crippen LogP contribution in [-0.2, 0) is 0 Å². The van der Waals surface area contributed by atoms with Crippen molar-refractivity contribution < 1.29 is 4.74 Å². The SMILES string of the molecule is COc1ccc(C(N)c2cc(C)ccc2C)c(C)c1. The van der Waals surface area contributed by atoms with Gasteiger partial charge in [-0.3, -0.25) is 0 Å². The lowest BCUT2D eigenvalue weighted by molar-refractivity contribution is 0.414. The minimum atomic E-state index is -0.0918. The van der Waals surface area contributed by atoms with E-state index < -0.39 is 0 Å². The van der Waals surface area contributed by atoms with Gasteiger partial charge in [0.1, 0.15) is 5.75 Å². The molecule has 0 spiro atoms. The van der Waals surface area contributed by atoms with E-state index in [1.165, 1.54) is 16.7 Å². The van der Waals surface area contributed by atoms with E-state index in [1.54, 1.807) is 7.11 Å². The van der Waals surface area contributed by atoms with Crippen molar-refractivity contribution in [1.29, 1.82) is 0 Å². The summed E-state index contributed by atoms with van der Waals surface area (Å²) in [6.45, 7) is 6.27. The van der Waals surface area contributed by atoms with Crippen LogP contribution in [-0.4, -0.2) is 7.11 Å². The first-order valence-electron chi connectivity index (χ1n) is 6.50. The van der Waals surface area contributed by atoms with E-state index in [1.807, 2.05) is 12.1 Å². The molecule has 0 aliphatic rings. The Hall–Kier alpha value is -1.80. The van der Waals surface area contributed by atoms with Crippen LogP contribution in [0.25, 0.3) is 0 Å². The van der Waals surface area contributed by atoms with Crippen molar-refractivity contribution in [3.05, 3.63) is 64.2 Å². The largest absolute Gasteiger partial charge is 0.497 e. The summed E-state index contributed by atoms with van der Waals surface area (Å²) in [6, 6.07) is 12.4. The Morgan fingerprint density at radius 3 is 2.26 bits per heavy atom. The molecule has 1 atom stereocenters. The Balaban J connectivity index is 2.43. The lowest BCUT2D eigenvalue weighted by atomic mass is 9.92. The summed E-state index contributed by atoms with van der Waals surface area (Å²) in [5, 5.41) is 0. The first-order chi connectivity index (χ1) is 9.02. The maximum absolute atomic E-state index is 6.44. The molecule has 0 heterocycles. The summed E-state index contributed by atoms with van der Waals surface area (Å²) in [6.07, 6.45) is 0. The van der Waals surface area contributed by atoms with Crippen LogP contribution >= 0.6 is 0 Å². The van der Waals surface area contributed by atoms with Crippen LogP contribution in [0, 0.1) is 20.8 Å². The van der Waals surface area contributed by atoms with Gasteiger partial charge < -0.3 is 10.5 Å². The average Bonchev–Trinajstić information content (AvgIpc) is 2.40. The smallest absolute Gasteiger partial charge is 0.119 e. The zero-order valence-electron chi connectivity index (χ0n) is 12.0. The van der Waals surface area contributed by atoms with Crippen molar-refractivity contribution in [3.63, 3.8) is 0 Å². The second kappa shape index (κ2) is 5.45. The molecule has 0 amide bonds. The number of hydrogen-bond donors (Lipinski definition) is 1. The first kappa shape index (κ1) is 13.6. The van der Waals surface area contributed by atoms with Gasteiger partial charge in [-0.1, -0.05) is 29.8 Å². The molecular weight excluding hydrogens is 234 g/mol.